The zero-order chi connectivity index (χ0) is 21.9. The molecular formula is C22H25N3O5. The number of ether oxygens (including phenoxy) is 2. The number of nitrogens with zero attached hydrogens (tertiary/aromatic N) is 1. The van der Waals surface area contributed by atoms with Crippen LogP contribution in [0.1, 0.15) is 23.6 Å². The number of hydrogen-bond acceptors (Lipinski definition) is 5. The Morgan fingerprint density at radius 3 is 2.37 bits per heavy atom. The average molecular weight is 411 g/mol. The summed E-state index contributed by atoms with van der Waals surface area (Å²) in [5.74, 6) is 0.0161. The summed E-state index contributed by atoms with van der Waals surface area (Å²) in [5.41, 5.74) is 1.27. The van der Waals surface area contributed by atoms with Crippen LogP contribution < -0.4 is 20.1 Å². The maximum Gasteiger partial charge on any atom is 0.325 e. The van der Waals surface area contributed by atoms with Crippen LogP contribution in [0.2, 0.25) is 0 Å². The van der Waals surface area contributed by atoms with Gasteiger partial charge in [0.05, 0.1) is 14.2 Å². The molecule has 1 atom stereocenters. The highest BCUT2D eigenvalue weighted by Gasteiger charge is 2.49. The zero-order valence-electron chi connectivity index (χ0n) is 17.4. The molecule has 30 heavy (non-hydrogen) atoms. The lowest BCUT2D eigenvalue weighted by molar-refractivity contribution is -0.134. The largest absolute Gasteiger partial charge is 0.493 e. The fourth-order valence-corrected chi connectivity index (χ4v) is 3.29. The number of carbonyl (C=O) groups excluding carboxylic acids is 3. The van der Waals surface area contributed by atoms with Crippen molar-refractivity contribution in [3.05, 3.63) is 59.2 Å². The predicted molar refractivity (Wildman–Crippen MR) is 110 cm³/mol. The number of rotatable bonds is 7. The standard InChI is InChI=1S/C22H25N3O5/c1-14-5-7-15(8-6-14)12-23-19(26)13-25-20(27)22(2,24-21(25)28)16-9-10-17(29-3)18(11-16)30-4/h5-11H,12-13H2,1-4H3,(H,23,26)(H,24,28). The Kier molecular flexibility index (Phi) is 5.96. The summed E-state index contributed by atoms with van der Waals surface area (Å²) in [7, 11) is 3.00. The third-order valence-electron chi connectivity index (χ3n) is 5.15. The molecule has 0 spiro atoms. The summed E-state index contributed by atoms with van der Waals surface area (Å²) in [4.78, 5) is 38.7. The molecule has 8 heteroatoms. The van der Waals surface area contributed by atoms with E-state index in [1.165, 1.54) is 14.2 Å². The Bertz CT molecular complexity index is 973. The molecule has 2 aromatic rings. The monoisotopic (exact) mass is 411 g/mol. The molecule has 4 amide bonds. The number of carbonyl (C=O) groups is 3. The van der Waals surface area contributed by atoms with Gasteiger partial charge in [-0.3, -0.25) is 14.5 Å². The van der Waals surface area contributed by atoms with E-state index in [0.717, 1.165) is 16.0 Å². The van der Waals surface area contributed by atoms with Crippen LogP contribution in [-0.2, 0) is 21.7 Å². The fourth-order valence-electron chi connectivity index (χ4n) is 3.29. The van der Waals surface area contributed by atoms with E-state index in [4.69, 9.17) is 9.47 Å². The number of nitrogens with one attached hydrogen (secondary N) is 2. The maximum atomic E-state index is 13.0. The summed E-state index contributed by atoms with van der Waals surface area (Å²) in [6.07, 6.45) is 0. The van der Waals surface area contributed by atoms with E-state index < -0.39 is 23.4 Å². The van der Waals surface area contributed by atoms with Crippen molar-refractivity contribution in [1.29, 1.82) is 0 Å². The lowest BCUT2D eigenvalue weighted by atomic mass is 9.91. The summed E-state index contributed by atoms with van der Waals surface area (Å²) in [6, 6.07) is 12.1. The molecule has 158 valence electrons. The molecule has 2 aromatic carbocycles. The minimum Gasteiger partial charge on any atom is -0.493 e. The zero-order valence-corrected chi connectivity index (χ0v) is 17.4. The number of aryl methyl sites for hydroxylation is 1. The van der Waals surface area contributed by atoms with Gasteiger partial charge in [0, 0.05) is 6.54 Å². The smallest absolute Gasteiger partial charge is 0.325 e. The number of hydrogen-bond donors (Lipinski definition) is 2. The normalized spacial score (nSPS) is 18.2. The van der Waals surface area contributed by atoms with Crippen LogP contribution in [0.15, 0.2) is 42.5 Å². The first-order chi connectivity index (χ1) is 14.3. The summed E-state index contributed by atoms with van der Waals surface area (Å²) in [6.45, 7) is 3.53. The van der Waals surface area contributed by atoms with E-state index in [1.54, 1.807) is 25.1 Å². The first-order valence-corrected chi connectivity index (χ1v) is 9.47. The Labute approximate surface area is 175 Å². The Balaban J connectivity index is 1.70. The Hall–Kier alpha value is -3.55. The number of methoxy groups -OCH3 is 2. The van der Waals surface area contributed by atoms with E-state index in [9.17, 15) is 14.4 Å². The molecule has 1 fully saturated rings. The second kappa shape index (κ2) is 8.44. The third-order valence-corrected chi connectivity index (χ3v) is 5.15. The maximum absolute atomic E-state index is 13.0. The van der Waals surface area contributed by atoms with Crippen molar-refractivity contribution in [2.75, 3.05) is 20.8 Å². The summed E-state index contributed by atoms with van der Waals surface area (Å²) in [5, 5.41) is 5.42. The third kappa shape index (κ3) is 4.07. The molecule has 1 aliphatic rings. The first kappa shape index (κ1) is 21.2. The number of amides is 4. The van der Waals surface area contributed by atoms with Gasteiger partial charge in [0.2, 0.25) is 5.91 Å². The van der Waals surface area contributed by atoms with Crippen LogP contribution in [0, 0.1) is 6.92 Å². The van der Waals surface area contributed by atoms with Gasteiger partial charge in [-0.15, -0.1) is 0 Å². The summed E-state index contributed by atoms with van der Waals surface area (Å²) < 4.78 is 10.5. The van der Waals surface area contributed by atoms with Crippen molar-refractivity contribution in [1.82, 2.24) is 15.5 Å². The molecule has 1 saturated heterocycles. The van der Waals surface area contributed by atoms with Crippen molar-refractivity contribution in [3.63, 3.8) is 0 Å². The molecule has 0 aliphatic carbocycles. The minimum atomic E-state index is -1.31. The van der Waals surface area contributed by atoms with Crippen LogP contribution in [-0.4, -0.2) is 43.5 Å². The van der Waals surface area contributed by atoms with Crippen molar-refractivity contribution in [2.24, 2.45) is 0 Å². The van der Waals surface area contributed by atoms with Gasteiger partial charge < -0.3 is 20.1 Å². The van der Waals surface area contributed by atoms with Gasteiger partial charge in [0.25, 0.3) is 5.91 Å². The van der Waals surface area contributed by atoms with Crippen LogP contribution in [0.5, 0.6) is 11.5 Å². The van der Waals surface area contributed by atoms with Crippen molar-refractivity contribution in [3.8, 4) is 11.5 Å². The molecule has 1 unspecified atom stereocenters. The molecule has 3 rings (SSSR count). The quantitative estimate of drug-likeness (QED) is 0.680. The highest BCUT2D eigenvalue weighted by molar-refractivity contribution is 6.09. The molecule has 0 bridgehead atoms. The first-order valence-electron chi connectivity index (χ1n) is 9.47. The average Bonchev–Trinajstić information content (AvgIpc) is 2.96. The van der Waals surface area contributed by atoms with Crippen molar-refractivity contribution >= 4 is 17.8 Å². The van der Waals surface area contributed by atoms with E-state index in [2.05, 4.69) is 10.6 Å². The molecule has 0 aromatic heterocycles. The van der Waals surface area contributed by atoms with Gasteiger partial charge in [0.15, 0.2) is 11.5 Å². The second-order valence-electron chi connectivity index (χ2n) is 7.28. The number of imide groups is 1. The molecule has 2 N–H and O–H groups in total. The summed E-state index contributed by atoms with van der Waals surface area (Å²) >= 11 is 0. The molecular weight excluding hydrogens is 386 g/mol. The van der Waals surface area contributed by atoms with Crippen molar-refractivity contribution in [2.45, 2.75) is 25.9 Å². The van der Waals surface area contributed by atoms with Gasteiger partial charge in [-0.05, 0) is 37.1 Å². The van der Waals surface area contributed by atoms with Gasteiger partial charge in [-0.2, -0.15) is 0 Å². The fraction of sp³-hybridized carbons (Fsp3) is 0.318. The Morgan fingerprint density at radius 1 is 1.07 bits per heavy atom. The minimum absolute atomic E-state index is 0.315. The lowest BCUT2D eigenvalue weighted by Crippen LogP contribution is -2.43. The molecule has 1 heterocycles. The topological polar surface area (TPSA) is 97.0 Å². The van der Waals surface area contributed by atoms with Crippen LogP contribution in [0.25, 0.3) is 0 Å². The van der Waals surface area contributed by atoms with Gasteiger partial charge in [0.1, 0.15) is 12.1 Å². The van der Waals surface area contributed by atoms with Crippen LogP contribution in [0.3, 0.4) is 0 Å². The lowest BCUT2D eigenvalue weighted by Gasteiger charge is -2.23. The van der Waals surface area contributed by atoms with Gasteiger partial charge in [-0.1, -0.05) is 35.9 Å². The number of urea groups is 1. The van der Waals surface area contributed by atoms with Gasteiger partial charge >= 0.3 is 6.03 Å². The molecule has 0 radical (unpaired) electrons. The van der Waals surface area contributed by atoms with E-state index in [-0.39, 0.29) is 6.54 Å². The SMILES string of the molecule is COc1ccc(C2(C)NC(=O)N(CC(=O)NCc3ccc(C)cc3)C2=O)cc1OC. The number of benzene rings is 2. The Morgan fingerprint density at radius 2 is 1.73 bits per heavy atom. The predicted octanol–water partition coefficient (Wildman–Crippen LogP) is 2.10. The second-order valence-corrected chi connectivity index (χ2v) is 7.28. The van der Waals surface area contributed by atoms with E-state index in [1.807, 2.05) is 31.2 Å². The molecule has 0 saturated carbocycles. The van der Waals surface area contributed by atoms with Crippen molar-refractivity contribution < 1.29 is 23.9 Å². The van der Waals surface area contributed by atoms with Gasteiger partial charge in [-0.25, -0.2) is 4.79 Å². The molecule has 1 aliphatic heterocycles. The van der Waals surface area contributed by atoms with E-state index >= 15 is 0 Å². The highest BCUT2D eigenvalue weighted by atomic mass is 16.5. The van der Waals surface area contributed by atoms with Crippen LogP contribution in [0.4, 0.5) is 4.79 Å². The van der Waals surface area contributed by atoms with Crippen LogP contribution >= 0.6 is 0 Å². The highest BCUT2D eigenvalue weighted by Crippen LogP contribution is 2.35. The molecule has 8 nitrogen and oxygen atoms in total. The van der Waals surface area contributed by atoms with E-state index in [0.29, 0.717) is 23.6 Å².